The van der Waals surface area contributed by atoms with Crippen molar-refractivity contribution in [3.05, 3.63) is 24.0 Å². The Morgan fingerprint density at radius 3 is 2.93 bits per heavy atom. The van der Waals surface area contributed by atoms with Crippen LogP contribution in [0.2, 0.25) is 0 Å². The highest BCUT2D eigenvalue weighted by atomic mass is 16.2. The van der Waals surface area contributed by atoms with Gasteiger partial charge in [0, 0.05) is 38.7 Å². The van der Waals surface area contributed by atoms with E-state index in [-0.39, 0.29) is 5.91 Å². The molecule has 4 heteroatoms. The Bertz CT molecular complexity index is 338. The molecule has 0 atom stereocenters. The Hall–Kier alpha value is -1.58. The summed E-state index contributed by atoms with van der Waals surface area (Å²) in [6, 6.07) is 1.80. The van der Waals surface area contributed by atoms with Crippen LogP contribution in [0, 0.1) is 0 Å². The Kier molecular flexibility index (Phi) is 4.09. The van der Waals surface area contributed by atoms with E-state index in [2.05, 4.69) is 10.3 Å². The van der Waals surface area contributed by atoms with Gasteiger partial charge < -0.3 is 10.2 Å². The standard InChI is InChI=1S/C11H17N3O/c1-4-7-14(3)11(15)9-8-13-6-5-10(9)12-2/h5-6,8H,4,7H2,1-3H3,(H,12,13). The molecule has 0 aliphatic rings. The van der Waals surface area contributed by atoms with Gasteiger partial charge in [0.2, 0.25) is 0 Å². The van der Waals surface area contributed by atoms with Crippen LogP contribution in [0.4, 0.5) is 5.69 Å². The molecular formula is C11H17N3O. The van der Waals surface area contributed by atoms with E-state index >= 15 is 0 Å². The van der Waals surface area contributed by atoms with Gasteiger partial charge in [-0.25, -0.2) is 0 Å². The number of carbonyl (C=O) groups excluding carboxylic acids is 1. The van der Waals surface area contributed by atoms with Crippen LogP contribution >= 0.6 is 0 Å². The molecule has 0 saturated heterocycles. The van der Waals surface area contributed by atoms with Crippen LogP contribution in [-0.4, -0.2) is 36.4 Å². The molecule has 0 aliphatic carbocycles. The molecular weight excluding hydrogens is 190 g/mol. The third-order valence-electron chi connectivity index (χ3n) is 2.23. The highest BCUT2D eigenvalue weighted by molar-refractivity contribution is 5.99. The average molecular weight is 207 g/mol. The number of nitrogens with zero attached hydrogens (tertiary/aromatic N) is 2. The van der Waals surface area contributed by atoms with E-state index in [4.69, 9.17) is 0 Å². The van der Waals surface area contributed by atoms with Crippen LogP contribution in [0.25, 0.3) is 0 Å². The number of hydrogen-bond acceptors (Lipinski definition) is 3. The lowest BCUT2D eigenvalue weighted by Gasteiger charge is -2.17. The number of pyridine rings is 1. The quantitative estimate of drug-likeness (QED) is 0.815. The second-order valence-electron chi connectivity index (χ2n) is 3.40. The molecule has 4 nitrogen and oxygen atoms in total. The maximum absolute atomic E-state index is 12.0. The van der Waals surface area contributed by atoms with E-state index < -0.39 is 0 Å². The molecule has 0 unspecified atom stereocenters. The SMILES string of the molecule is CCCN(C)C(=O)c1cnccc1NC. The van der Waals surface area contributed by atoms with E-state index in [1.165, 1.54) is 0 Å². The van der Waals surface area contributed by atoms with Gasteiger partial charge in [-0.2, -0.15) is 0 Å². The number of amides is 1. The topological polar surface area (TPSA) is 45.2 Å². The Balaban J connectivity index is 2.90. The minimum Gasteiger partial charge on any atom is -0.387 e. The molecule has 1 aromatic rings. The van der Waals surface area contributed by atoms with E-state index in [0.29, 0.717) is 5.56 Å². The zero-order chi connectivity index (χ0) is 11.3. The van der Waals surface area contributed by atoms with Crippen molar-refractivity contribution >= 4 is 11.6 Å². The maximum Gasteiger partial charge on any atom is 0.257 e. The fourth-order valence-corrected chi connectivity index (χ4v) is 1.43. The average Bonchev–Trinajstić information content (AvgIpc) is 2.28. The summed E-state index contributed by atoms with van der Waals surface area (Å²) in [7, 11) is 3.60. The first-order valence-electron chi connectivity index (χ1n) is 5.08. The van der Waals surface area contributed by atoms with E-state index in [1.54, 1.807) is 37.5 Å². The minimum absolute atomic E-state index is 0.00861. The molecule has 0 fully saturated rings. The molecule has 1 amide bonds. The van der Waals surface area contributed by atoms with E-state index in [1.807, 2.05) is 6.92 Å². The molecule has 0 aromatic carbocycles. The molecule has 0 radical (unpaired) electrons. The van der Waals surface area contributed by atoms with Gasteiger partial charge in [0.1, 0.15) is 0 Å². The van der Waals surface area contributed by atoms with Crippen molar-refractivity contribution in [2.24, 2.45) is 0 Å². The maximum atomic E-state index is 12.0. The summed E-state index contributed by atoms with van der Waals surface area (Å²) in [5.74, 6) is 0.00861. The van der Waals surface area contributed by atoms with Crippen molar-refractivity contribution in [3.8, 4) is 0 Å². The number of hydrogen-bond donors (Lipinski definition) is 1. The van der Waals surface area contributed by atoms with Gasteiger partial charge in [-0.15, -0.1) is 0 Å². The lowest BCUT2D eigenvalue weighted by molar-refractivity contribution is 0.0795. The first kappa shape index (κ1) is 11.5. The summed E-state index contributed by atoms with van der Waals surface area (Å²) in [6.45, 7) is 2.81. The lowest BCUT2D eigenvalue weighted by atomic mass is 10.2. The number of nitrogens with one attached hydrogen (secondary N) is 1. The summed E-state index contributed by atoms with van der Waals surface area (Å²) >= 11 is 0. The Morgan fingerprint density at radius 2 is 2.33 bits per heavy atom. The van der Waals surface area contributed by atoms with Gasteiger partial charge in [0.05, 0.1) is 5.56 Å². The van der Waals surface area contributed by atoms with Crippen molar-refractivity contribution in [2.45, 2.75) is 13.3 Å². The second-order valence-corrected chi connectivity index (χ2v) is 3.40. The van der Waals surface area contributed by atoms with Crippen LogP contribution in [0.3, 0.4) is 0 Å². The van der Waals surface area contributed by atoms with Crippen LogP contribution in [0.15, 0.2) is 18.5 Å². The summed E-state index contributed by atoms with van der Waals surface area (Å²) in [5.41, 5.74) is 1.44. The van der Waals surface area contributed by atoms with Crippen LogP contribution in [-0.2, 0) is 0 Å². The molecule has 0 bridgehead atoms. The summed E-state index contributed by atoms with van der Waals surface area (Å²) in [5, 5.41) is 2.99. The predicted octanol–water partition coefficient (Wildman–Crippen LogP) is 1.61. The first-order valence-corrected chi connectivity index (χ1v) is 5.08. The van der Waals surface area contributed by atoms with Crippen LogP contribution in [0.5, 0.6) is 0 Å². The number of rotatable bonds is 4. The van der Waals surface area contributed by atoms with Crippen molar-refractivity contribution in [1.82, 2.24) is 9.88 Å². The van der Waals surface area contributed by atoms with Crippen molar-refractivity contribution < 1.29 is 4.79 Å². The zero-order valence-corrected chi connectivity index (χ0v) is 9.45. The third-order valence-corrected chi connectivity index (χ3v) is 2.23. The molecule has 1 aromatic heterocycles. The van der Waals surface area contributed by atoms with Gasteiger partial charge in [0.25, 0.3) is 5.91 Å². The number of carbonyl (C=O) groups is 1. The van der Waals surface area contributed by atoms with Crippen molar-refractivity contribution in [3.63, 3.8) is 0 Å². The van der Waals surface area contributed by atoms with Gasteiger partial charge in [-0.1, -0.05) is 6.92 Å². The molecule has 15 heavy (non-hydrogen) atoms. The Morgan fingerprint density at radius 1 is 1.60 bits per heavy atom. The van der Waals surface area contributed by atoms with Crippen molar-refractivity contribution in [1.29, 1.82) is 0 Å². The van der Waals surface area contributed by atoms with Crippen molar-refractivity contribution in [2.75, 3.05) is 26.0 Å². The van der Waals surface area contributed by atoms with Gasteiger partial charge in [-0.05, 0) is 12.5 Å². The molecule has 0 aliphatic heterocycles. The minimum atomic E-state index is 0.00861. The van der Waals surface area contributed by atoms with Crippen LogP contribution in [0.1, 0.15) is 23.7 Å². The summed E-state index contributed by atoms with van der Waals surface area (Å²) in [4.78, 5) is 17.6. The fraction of sp³-hybridized carbons (Fsp3) is 0.455. The third kappa shape index (κ3) is 2.68. The highest BCUT2D eigenvalue weighted by Gasteiger charge is 2.14. The monoisotopic (exact) mass is 207 g/mol. The largest absolute Gasteiger partial charge is 0.387 e. The summed E-state index contributed by atoms with van der Waals surface area (Å²) < 4.78 is 0. The van der Waals surface area contributed by atoms with Gasteiger partial charge in [0.15, 0.2) is 0 Å². The fourth-order valence-electron chi connectivity index (χ4n) is 1.43. The predicted molar refractivity (Wildman–Crippen MR) is 61.0 cm³/mol. The highest BCUT2D eigenvalue weighted by Crippen LogP contribution is 2.14. The molecule has 0 spiro atoms. The van der Waals surface area contributed by atoms with E-state index in [0.717, 1.165) is 18.7 Å². The van der Waals surface area contributed by atoms with Gasteiger partial charge >= 0.3 is 0 Å². The lowest BCUT2D eigenvalue weighted by Crippen LogP contribution is -2.28. The second kappa shape index (κ2) is 5.34. The zero-order valence-electron chi connectivity index (χ0n) is 9.45. The smallest absolute Gasteiger partial charge is 0.257 e. The molecule has 0 saturated carbocycles. The molecule has 1 N–H and O–H groups in total. The molecule has 82 valence electrons. The molecule has 1 rings (SSSR count). The number of aromatic nitrogens is 1. The first-order chi connectivity index (χ1) is 7.20. The molecule has 1 heterocycles. The number of anilines is 1. The van der Waals surface area contributed by atoms with Gasteiger partial charge in [-0.3, -0.25) is 9.78 Å². The van der Waals surface area contributed by atoms with E-state index in [9.17, 15) is 4.79 Å². The summed E-state index contributed by atoms with van der Waals surface area (Å²) in [6.07, 6.45) is 4.22. The Labute approximate surface area is 90.3 Å². The normalized spacial score (nSPS) is 9.80. The van der Waals surface area contributed by atoms with Crippen LogP contribution < -0.4 is 5.32 Å².